The van der Waals surface area contributed by atoms with E-state index >= 15 is 0 Å². The summed E-state index contributed by atoms with van der Waals surface area (Å²) < 4.78 is 6.80. The number of amides is 2. The molecule has 0 spiro atoms. The summed E-state index contributed by atoms with van der Waals surface area (Å²) in [5, 5.41) is 22.4. The Hall–Kier alpha value is -3.86. The number of thiophene rings is 1. The SMILES string of the molecule is Cc1cc(C)nc(NC(=O)Cc2ccc(Oc3ccnc4cc(C(=O)N5C[C@@H](O)[C@H](O)C5)sc34)cc2)c1. The van der Waals surface area contributed by atoms with Gasteiger partial charge in [-0.3, -0.25) is 14.6 Å². The minimum Gasteiger partial charge on any atom is -0.456 e. The third kappa shape index (κ3) is 5.61. The number of aryl methyl sites for hydroxylation is 2. The number of aliphatic hydroxyl groups excluding tert-OH is 2. The van der Waals surface area contributed by atoms with Crippen LogP contribution < -0.4 is 10.1 Å². The Morgan fingerprint density at radius 3 is 2.51 bits per heavy atom. The van der Waals surface area contributed by atoms with Crippen LogP contribution in [0.4, 0.5) is 5.82 Å². The number of carbonyl (C=O) groups is 2. The number of β-amino-alcohol motifs (C(OH)–C–C–N with tert-alkyl or cyclic N) is 2. The highest BCUT2D eigenvalue weighted by Gasteiger charge is 2.33. The second-order valence-electron chi connectivity index (χ2n) is 9.12. The van der Waals surface area contributed by atoms with Gasteiger partial charge in [-0.1, -0.05) is 12.1 Å². The summed E-state index contributed by atoms with van der Waals surface area (Å²) in [5.41, 5.74) is 3.33. The molecule has 1 saturated heterocycles. The number of fused-ring (bicyclic) bond motifs is 1. The molecule has 1 fully saturated rings. The molecule has 1 aliphatic heterocycles. The number of nitrogens with zero attached hydrogens (tertiary/aromatic N) is 3. The van der Waals surface area contributed by atoms with Crippen molar-refractivity contribution in [1.82, 2.24) is 14.9 Å². The standard InChI is InChI=1S/C27H26N4O5S/c1-15-9-16(2)29-24(10-15)30-25(34)11-17-3-5-18(6-4-17)36-22-7-8-28-19-12-23(37-26(19)22)27(35)31-13-20(32)21(33)14-31/h3-10,12,20-21,32-33H,11,13-14H2,1-2H3,(H,29,30,34)/t20-,21-/m1/s1. The molecule has 3 N–H and O–H groups in total. The van der Waals surface area contributed by atoms with Crippen LogP contribution in [0.1, 0.15) is 26.5 Å². The first-order valence-corrected chi connectivity index (χ1v) is 12.6. The average molecular weight is 519 g/mol. The predicted molar refractivity (Wildman–Crippen MR) is 140 cm³/mol. The molecule has 0 bridgehead atoms. The number of pyridine rings is 2. The molecule has 1 aliphatic rings. The largest absolute Gasteiger partial charge is 0.456 e. The third-order valence-corrected chi connectivity index (χ3v) is 7.14. The summed E-state index contributed by atoms with van der Waals surface area (Å²) in [4.78, 5) is 35.9. The van der Waals surface area contributed by atoms with Gasteiger partial charge in [-0.05, 0) is 55.3 Å². The Morgan fingerprint density at radius 2 is 1.81 bits per heavy atom. The zero-order chi connectivity index (χ0) is 26.1. The molecule has 4 heterocycles. The number of aromatic nitrogens is 2. The van der Waals surface area contributed by atoms with Crippen molar-refractivity contribution in [3.63, 3.8) is 0 Å². The molecule has 10 heteroatoms. The van der Waals surface area contributed by atoms with E-state index in [-0.39, 0.29) is 31.3 Å². The molecule has 2 amide bonds. The summed E-state index contributed by atoms with van der Waals surface area (Å²) in [6.07, 6.45) is -0.0625. The van der Waals surface area contributed by atoms with E-state index in [1.807, 2.05) is 38.1 Å². The second kappa shape index (κ2) is 10.3. The van der Waals surface area contributed by atoms with Gasteiger partial charge in [0.05, 0.1) is 33.7 Å². The lowest BCUT2D eigenvalue weighted by molar-refractivity contribution is -0.115. The Bertz CT molecular complexity index is 1440. The fourth-order valence-corrected chi connectivity index (χ4v) is 5.31. The number of likely N-dealkylation sites (tertiary alicyclic amines) is 1. The van der Waals surface area contributed by atoms with Crippen LogP contribution >= 0.6 is 11.3 Å². The van der Waals surface area contributed by atoms with Crippen LogP contribution in [0.25, 0.3) is 10.2 Å². The summed E-state index contributed by atoms with van der Waals surface area (Å²) in [5.74, 6) is 1.26. The molecule has 3 aromatic heterocycles. The molecule has 0 unspecified atom stereocenters. The molecular formula is C27H26N4O5S. The lowest BCUT2D eigenvalue weighted by atomic mass is 10.1. The van der Waals surface area contributed by atoms with E-state index in [9.17, 15) is 19.8 Å². The monoisotopic (exact) mass is 518 g/mol. The Labute approximate surface area is 217 Å². The van der Waals surface area contributed by atoms with Crippen molar-refractivity contribution in [3.05, 3.63) is 76.4 Å². The average Bonchev–Trinajstić information content (AvgIpc) is 3.43. The van der Waals surface area contributed by atoms with Crippen molar-refractivity contribution < 1.29 is 24.5 Å². The molecule has 37 heavy (non-hydrogen) atoms. The van der Waals surface area contributed by atoms with Gasteiger partial charge >= 0.3 is 0 Å². The highest BCUT2D eigenvalue weighted by Crippen LogP contribution is 2.35. The Morgan fingerprint density at radius 1 is 1.08 bits per heavy atom. The van der Waals surface area contributed by atoms with E-state index in [1.165, 1.54) is 16.2 Å². The van der Waals surface area contributed by atoms with E-state index in [1.54, 1.807) is 30.5 Å². The highest BCUT2D eigenvalue weighted by atomic mass is 32.1. The molecule has 2 atom stereocenters. The zero-order valence-electron chi connectivity index (χ0n) is 20.3. The van der Waals surface area contributed by atoms with Crippen LogP contribution in [0.3, 0.4) is 0 Å². The third-order valence-electron chi connectivity index (χ3n) is 6.01. The van der Waals surface area contributed by atoms with Crippen LogP contribution in [0.5, 0.6) is 11.5 Å². The van der Waals surface area contributed by atoms with Gasteiger partial charge in [-0.25, -0.2) is 4.98 Å². The maximum Gasteiger partial charge on any atom is 0.264 e. The normalized spacial score (nSPS) is 17.2. The minimum absolute atomic E-state index is 0.0938. The fourth-order valence-electron chi connectivity index (χ4n) is 4.27. The summed E-state index contributed by atoms with van der Waals surface area (Å²) in [7, 11) is 0. The minimum atomic E-state index is -0.937. The topological polar surface area (TPSA) is 125 Å². The van der Waals surface area contributed by atoms with Crippen molar-refractivity contribution >= 4 is 39.2 Å². The zero-order valence-corrected chi connectivity index (χ0v) is 21.2. The van der Waals surface area contributed by atoms with Crippen molar-refractivity contribution in [3.8, 4) is 11.5 Å². The highest BCUT2D eigenvalue weighted by molar-refractivity contribution is 7.21. The molecule has 0 aliphatic carbocycles. The predicted octanol–water partition coefficient (Wildman–Crippen LogP) is 3.46. The number of nitrogens with one attached hydrogen (secondary N) is 1. The van der Waals surface area contributed by atoms with Gasteiger partial charge in [0.1, 0.15) is 17.3 Å². The first kappa shape index (κ1) is 24.8. The number of benzene rings is 1. The van der Waals surface area contributed by atoms with Crippen molar-refractivity contribution in [1.29, 1.82) is 0 Å². The van der Waals surface area contributed by atoms with E-state index in [4.69, 9.17) is 4.74 Å². The second-order valence-corrected chi connectivity index (χ2v) is 10.2. The van der Waals surface area contributed by atoms with Crippen molar-refractivity contribution in [2.24, 2.45) is 0 Å². The number of carbonyl (C=O) groups excluding carboxylic acids is 2. The van der Waals surface area contributed by atoms with Crippen LogP contribution in [-0.4, -0.2) is 62.2 Å². The lowest BCUT2D eigenvalue weighted by Crippen LogP contribution is -2.29. The molecular weight excluding hydrogens is 492 g/mol. The molecule has 1 aromatic carbocycles. The molecule has 0 saturated carbocycles. The van der Waals surface area contributed by atoms with E-state index < -0.39 is 12.2 Å². The van der Waals surface area contributed by atoms with E-state index in [0.29, 0.717) is 27.7 Å². The van der Waals surface area contributed by atoms with Crippen molar-refractivity contribution in [2.75, 3.05) is 18.4 Å². The summed E-state index contributed by atoms with van der Waals surface area (Å²) in [6, 6.07) is 14.4. The van der Waals surface area contributed by atoms with Gasteiger partial charge in [0.2, 0.25) is 5.91 Å². The van der Waals surface area contributed by atoms with Crippen LogP contribution in [0.15, 0.2) is 54.7 Å². The Balaban J connectivity index is 1.26. The van der Waals surface area contributed by atoms with Gasteiger partial charge in [-0.2, -0.15) is 0 Å². The summed E-state index contributed by atoms with van der Waals surface area (Å²) in [6.45, 7) is 4.03. The maximum atomic E-state index is 12.9. The van der Waals surface area contributed by atoms with E-state index in [2.05, 4.69) is 15.3 Å². The maximum absolute atomic E-state index is 12.9. The number of anilines is 1. The molecule has 0 radical (unpaired) electrons. The van der Waals surface area contributed by atoms with Gasteiger partial charge in [0, 0.05) is 31.0 Å². The van der Waals surface area contributed by atoms with Crippen LogP contribution in [0.2, 0.25) is 0 Å². The first-order valence-electron chi connectivity index (χ1n) is 11.8. The fraction of sp³-hybridized carbons (Fsp3) is 0.259. The molecule has 9 nitrogen and oxygen atoms in total. The lowest BCUT2D eigenvalue weighted by Gasteiger charge is -2.13. The number of hydrogen-bond donors (Lipinski definition) is 3. The molecule has 4 aromatic rings. The Kier molecular flexibility index (Phi) is 6.88. The first-order chi connectivity index (χ1) is 17.7. The van der Waals surface area contributed by atoms with Crippen LogP contribution in [0, 0.1) is 13.8 Å². The van der Waals surface area contributed by atoms with Gasteiger partial charge in [0.15, 0.2) is 0 Å². The van der Waals surface area contributed by atoms with Gasteiger partial charge in [0.25, 0.3) is 5.91 Å². The van der Waals surface area contributed by atoms with Gasteiger partial charge in [-0.15, -0.1) is 11.3 Å². The van der Waals surface area contributed by atoms with Crippen molar-refractivity contribution in [2.45, 2.75) is 32.5 Å². The molecule has 190 valence electrons. The van der Waals surface area contributed by atoms with Gasteiger partial charge < -0.3 is 25.2 Å². The number of hydrogen-bond acceptors (Lipinski definition) is 8. The molecule has 5 rings (SSSR count). The summed E-state index contributed by atoms with van der Waals surface area (Å²) >= 11 is 1.25. The quantitative estimate of drug-likeness (QED) is 0.357. The van der Waals surface area contributed by atoms with E-state index in [0.717, 1.165) is 21.5 Å². The number of rotatable bonds is 6. The van der Waals surface area contributed by atoms with Crippen LogP contribution in [-0.2, 0) is 11.2 Å². The number of ether oxygens (including phenoxy) is 1. The smallest absolute Gasteiger partial charge is 0.264 e. The number of aliphatic hydroxyl groups is 2.